The molecule has 32 heavy (non-hydrogen) atoms. The zero-order valence-electron chi connectivity index (χ0n) is 17.0. The number of hydrogen-bond donors (Lipinski definition) is 3. The number of benzene rings is 1. The molecule has 1 atom stereocenters. The predicted octanol–water partition coefficient (Wildman–Crippen LogP) is 3.58. The van der Waals surface area contributed by atoms with E-state index in [4.69, 9.17) is 0 Å². The minimum atomic E-state index is -4.79. The van der Waals surface area contributed by atoms with E-state index in [1.807, 2.05) is 4.90 Å². The first kappa shape index (κ1) is 21.6. The number of nitrogens with one attached hydrogen (secondary N) is 2. The van der Waals surface area contributed by atoms with Gasteiger partial charge >= 0.3 is 6.36 Å². The number of carbonyl (C=O) groups is 1. The van der Waals surface area contributed by atoms with Gasteiger partial charge in [-0.25, -0.2) is 4.98 Å². The number of H-pyrrole nitrogens is 1. The van der Waals surface area contributed by atoms with Crippen LogP contribution in [-0.2, 0) is 0 Å². The summed E-state index contributed by atoms with van der Waals surface area (Å²) in [6.45, 7) is 2.77. The molecule has 11 heteroatoms. The number of anilines is 2. The summed E-state index contributed by atoms with van der Waals surface area (Å²) in [6.07, 6.45) is -1.20. The number of aliphatic hydroxyl groups is 1. The number of rotatable bonds is 5. The van der Waals surface area contributed by atoms with Crippen molar-refractivity contribution in [3.05, 3.63) is 54.4 Å². The second-order valence-corrected chi connectivity index (χ2v) is 7.76. The summed E-state index contributed by atoms with van der Waals surface area (Å²) in [4.78, 5) is 19.1. The fourth-order valence-electron chi connectivity index (χ4n) is 3.51. The van der Waals surface area contributed by atoms with Gasteiger partial charge in [0.05, 0.1) is 16.9 Å². The van der Waals surface area contributed by atoms with Gasteiger partial charge in [0, 0.05) is 36.7 Å². The molecule has 168 valence electrons. The Morgan fingerprint density at radius 1 is 1.28 bits per heavy atom. The molecular weight excluding hydrogens is 427 g/mol. The first-order valence-corrected chi connectivity index (χ1v) is 9.74. The Labute approximate surface area is 181 Å². The number of halogens is 3. The van der Waals surface area contributed by atoms with E-state index in [1.54, 1.807) is 25.3 Å². The zero-order chi connectivity index (χ0) is 22.9. The van der Waals surface area contributed by atoms with E-state index in [2.05, 4.69) is 25.2 Å². The van der Waals surface area contributed by atoms with Gasteiger partial charge in [-0.15, -0.1) is 13.2 Å². The molecule has 0 aliphatic carbocycles. The quantitative estimate of drug-likeness (QED) is 0.553. The molecule has 1 unspecified atom stereocenters. The van der Waals surface area contributed by atoms with Crippen molar-refractivity contribution >= 4 is 17.4 Å². The Morgan fingerprint density at radius 3 is 2.62 bits per heavy atom. The van der Waals surface area contributed by atoms with Gasteiger partial charge in [0.2, 0.25) is 0 Å². The van der Waals surface area contributed by atoms with E-state index in [0.29, 0.717) is 42.3 Å². The van der Waals surface area contributed by atoms with Crippen molar-refractivity contribution in [2.75, 3.05) is 23.3 Å². The molecule has 1 fully saturated rings. The minimum Gasteiger partial charge on any atom is -0.406 e. The lowest BCUT2D eigenvalue weighted by Gasteiger charge is -2.22. The van der Waals surface area contributed by atoms with E-state index in [9.17, 15) is 23.1 Å². The molecule has 3 heterocycles. The van der Waals surface area contributed by atoms with Gasteiger partial charge in [0.15, 0.2) is 0 Å². The number of β-amino-alcohol motifs (C(OH)–C–C–N with tert-alkyl or cyclic N) is 1. The lowest BCUT2D eigenvalue weighted by atomic mass is 10.1. The Kier molecular flexibility index (Phi) is 5.51. The summed E-state index contributed by atoms with van der Waals surface area (Å²) in [5, 5.41) is 19.8. The molecular formula is C21H20F3N5O3. The first-order valence-electron chi connectivity index (χ1n) is 9.74. The molecule has 4 rings (SSSR count). The van der Waals surface area contributed by atoms with Crippen LogP contribution in [0.2, 0.25) is 0 Å². The fraction of sp³-hybridized carbons (Fsp3) is 0.286. The van der Waals surface area contributed by atoms with Crippen molar-refractivity contribution < 1.29 is 27.8 Å². The number of ether oxygens (including phenoxy) is 1. The van der Waals surface area contributed by atoms with Crippen LogP contribution >= 0.6 is 0 Å². The van der Waals surface area contributed by atoms with Crippen molar-refractivity contribution in [1.29, 1.82) is 0 Å². The van der Waals surface area contributed by atoms with Gasteiger partial charge in [-0.2, -0.15) is 5.10 Å². The van der Waals surface area contributed by atoms with Crippen molar-refractivity contribution in [2.24, 2.45) is 0 Å². The number of nitrogens with zero attached hydrogens (tertiary/aromatic N) is 3. The van der Waals surface area contributed by atoms with Crippen molar-refractivity contribution in [3.8, 4) is 17.0 Å². The summed E-state index contributed by atoms with van der Waals surface area (Å²) in [5.41, 5.74) is 1.02. The van der Waals surface area contributed by atoms with E-state index < -0.39 is 17.9 Å². The van der Waals surface area contributed by atoms with E-state index in [0.717, 1.165) is 12.1 Å². The fourth-order valence-corrected chi connectivity index (χ4v) is 3.51. The largest absolute Gasteiger partial charge is 0.573 e. The molecule has 0 bridgehead atoms. The van der Waals surface area contributed by atoms with Crippen LogP contribution in [0.3, 0.4) is 0 Å². The number of aromatic amines is 1. The highest BCUT2D eigenvalue weighted by atomic mass is 19.4. The summed E-state index contributed by atoms with van der Waals surface area (Å²) >= 11 is 0. The summed E-state index contributed by atoms with van der Waals surface area (Å²) < 4.78 is 40.7. The molecule has 2 aromatic heterocycles. The monoisotopic (exact) mass is 447 g/mol. The highest BCUT2D eigenvalue weighted by molar-refractivity contribution is 6.05. The zero-order valence-corrected chi connectivity index (χ0v) is 17.0. The average molecular weight is 447 g/mol. The van der Waals surface area contributed by atoms with Crippen molar-refractivity contribution in [2.45, 2.75) is 25.3 Å². The Balaban J connectivity index is 1.56. The van der Waals surface area contributed by atoms with Crippen LogP contribution < -0.4 is 15.0 Å². The number of pyridine rings is 1. The molecule has 1 aromatic carbocycles. The lowest BCUT2D eigenvalue weighted by Crippen LogP contribution is -2.30. The van der Waals surface area contributed by atoms with Crippen LogP contribution in [0.5, 0.6) is 5.75 Å². The van der Waals surface area contributed by atoms with Crippen molar-refractivity contribution in [1.82, 2.24) is 15.2 Å². The molecule has 1 aliphatic rings. The Hall–Kier alpha value is -3.60. The highest BCUT2D eigenvalue weighted by Crippen LogP contribution is 2.33. The lowest BCUT2D eigenvalue weighted by molar-refractivity contribution is -0.274. The summed E-state index contributed by atoms with van der Waals surface area (Å²) in [7, 11) is 0. The minimum absolute atomic E-state index is 0.250. The van der Waals surface area contributed by atoms with E-state index >= 15 is 0 Å². The molecule has 3 aromatic rings. The van der Waals surface area contributed by atoms with Gasteiger partial charge in [0.1, 0.15) is 11.6 Å². The Morgan fingerprint density at radius 2 is 2.03 bits per heavy atom. The Bertz CT molecular complexity index is 1100. The van der Waals surface area contributed by atoms with Gasteiger partial charge in [-0.05, 0) is 49.7 Å². The number of aromatic nitrogens is 3. The third kappa shape index (κ3) is 4.99. The van der Waals surface area contributed by atoms with E-state index in [1.165, 1.54) is 18.3 Å². The smallest absolute Gasteiger partial charge is 0.406 e. The van der Waals surface area contributed by atoms with Gasteiger partial charge < -0.3 is 20.1 Å². The average Bonchev–Trinajstić information content (AvgIpc) is 3.37. The van der Waals surface area contributed by atoms with Crippen LogP contribution in [0.25, 0.3) is 11.3 Å². The number of alkyl halides is 3. The number of amides is 1. The SMILES string of the molecule is CC1(O)CCN(c2ncc(C(=O)Nc3ccc(OC(F)(F)F)cc3)cc2-c2ccn[nH]2)C1. The van der Waals surface area contributed by atoms with E-state index in [-0.39, 0.29) is 11.3 Å². The van der Waals surface area contributed by atoms with Gasteiger partial charge in [-0.3, -0.25) is 9.89 Å². The predicted molar refractivity (Wildman–Crippen MR) is 110 cm³/mol. The topological polar surface area (TPSA) is 103 Å². The second-order valence-electron chi connectivity index (χ2n) is 7.76. The highest BCUT2D eigenvalue weighted by Gasteiger charge is 2.33. The third-order valence-corrected chi connectivity index (χ3v) is 5.02. The maximum absolute atomic E-state index is 12.7. The molecule has 0 saturated carbocycles. The molecule has 1 aliphatic heterocycles. The second kappa shape index (κ2) is 8.15. The van der Waals surface area contributed by atoms with Crippen LogP contribution in [0.1, 0.15) is 23.7 Å². The van der Waals surface area contributed by atoms with Gasteiger partial charge in [-0.1, -0.05) is 0 Å². The molecule has 1 saturated heterocycles. The summed E-state index contributed by atoms with van der Waals surface area (Å²) in [6, 6.07) is 8.24. The maximum Gasteiger partial charge on any atom is 0.573 e. The molecule has 8 nitrogen and oxygen atoms in total. The van der Waals surface area contributed by atoms with Crippen LogP contribution in [0.4, 0.5) is 24.7 Å². The molecule has 0 spiro atoms. The van der Waals surface area contributed by atoms with Crippen LogP contribution in [0, 0.1) is 0 Å². The van der Waals surface area contributed by atoms with Crippen LogP contribution in [0.15, 0.2) is 48.8 Å². The standard InChI is InChI=1S/C21H20F3N5O3/c1-20(31)7-9-29(12-20)18-16(17-6-8-26-28-17)10-13(11-25-18)19(30)27-14-2-4-15(5-3-14)32-21(22,23)24/h2-6,8,10-11,31H,7,9,12H2,1H3,(H,26,28)(H,27,30). The molecule has 1 amide bonds. The molecule has 0 radical (unpaired) electrons. The summed E-state index contributed by atoms with van der Waals surface area (Å²) in [5.74, 6) is -0.260. The van der Waals surface area contributed by atoms with Crippen molar-refractivity contribution in [3.63, 3.8) is 0 Å². The molecule has 3 N–H and O–H groups in total. The maximum atomic E-state index is 12.7. The number of carbonyl (C=O) groups excluding carboxylic acids is 1. The van der Waals surface area contributed by atoms with Gasteiger partial charge in [0.25, 0.3) is 5.91 Å². The van der Waals surface area contributed by atoms with Crippen LogP contribution in [-0.4, -0.2) is 51.2 Å². The first-order chi connectivity index (χ1) is 15.1. The normalized spacial score (nSPS) is 18.6. The third-order valence-electron chi connectivity index (χ3n) is 5.02. The number of hydrogen-bond acceptors (Lipinski definition) is 6.